The highest BCUT2D eigenvalue weighted by Gasteiger charge is 2.15. The van der Waals surface area contributed by atoms with E-state index < -0.39 is 6.10 Å². The number of aromatic nitrogens is 2. The number of amides is 1. The van der Waals surface area contributed by atoms with Crippen molar-refractivity contribution in [2.75, 3.05) is 40.0 Å². The van der Waals surface area contributed by atoms with E-state index in [1.807, 2.05) is 13.8 Å². The van der Waals surface area contributed by atoms with E-state index in [1.54, 1.807) is 30.7 Å². The molecule has 0 spiro atoms. The summed E-state index contributed by atoms with van der Waals surface area (Å²) in [5.41, 5.74) is 8.14. The first kappa shape index (κ1) is 16.5. The van der Waals surface area contributed by atoms with Gasteiger partial charge in [-0.05, 0) is 20.9 Å². The number of nitrogens with two attached hydrogens (primary N) is 1. The number of nitrogen functional groups attached to an aromatic ring is 1. The van der Waals surface area contributed by atoms with Crippen LogP contribution in [0.5, 0.6) is 0 Å². The molecule has 1 aromatic rings. The number of aryl methyl sites for hydroxylation is 1. The number of aliphatic hydroxyl groups excluding tert-OH is 1. The van der Waals surface area contributed by atoms with Crippen LogP contribution in [0, 0.1) is 13.8 Å². The predicted molar refractivity (Wildman–Crippen MR) is 78.3 cm³/mol. The van der Waals surface area contributed by atoms with E-state index in [4.69, 9.17) is 5.73 Å². The summed E-state index contributed by atoms with van der Waals surface area (Å²) in [5, 5.41) is 14.4. The van der Waals surface area contributed by atoms with E-state index in [9.17, 15) is 9.90 Å². The minimum atomic E-state index is -0.604. The molecule has 1 rings (SSSR count). The molecule has 0 aliphatic heterocycles. The fourth-order valence-corrected chi connectivity index (χ4v) is 1.94. The number of rotatable bonds is 6. The lowest BCUT2D eigenvalue weighted by Gasteiger charge is -2.22. The highest BCUT2D eigenvalue weighted by molar-refractivity contribution is 5.77. The van der Waals surface area contributed by atoms with Gasteiger partial charge in [0.25, 0.3) is 0 Å². The lowest BCUT2D eigenvalue weighted by atomic mass is 10.3. The van der Waals surface area contributed by atoms with Crippen molar-refractivity contribution in [1.29, 1.82) is 0 Å². The van der Waals surface area contributed by atoms with Crippen molar-refractivity contribution < 1.29 is 9.90 Å². The number of nitrogens with zero attached hydrogens (tertiary/aromatic N) is 4. The van der Waals surface area contributed by atoms with Gasteiger partial charge < -0.3 is 15.7 Å². The van der Waals surface area contributed by atoms with Gasteiger partial charge in [-0.25, -0.2) is 0 Å². The van der Waals surface area contributed by atoms with Gasteiger partial charge in [0.05, 0.1) is 36.3 Å². The number of carbonyl (C=O) groups is 1. The van der Waals surface area contributed by atoms with Crippen molar-refractivity contribution >= 4 is 11.6 Å². The highest BCUT2D eigenvalue weighted by Crippen LogP contribution is 2.15. The molecule has 1 amide bonds. The van der Waals surface area contributed by atoms with E-state index in [1.165, 1.54) is 4.90 Å². The Kier molecular flexibility index (Phi) is 5.52. The van der Waals surface area contributed by atoms with Gasteiger partial charge in [-0.3, -0.25) is 14.4 Å². The lowest BCUT2D eigenvalue weighted by Crippen LogP contribution is -2.39. The summed E-state index contributed by atoms with van der Waals surface area (Å²) in [6.45, 7) is 4.76. The molecule has 1 heterocycles. The van der Waals surface area contributed by atoms with Gasteiger partial charge >= 0.3 is 0 Å². The van der Waals surface area contributed by atoms with Gasteiger partial charge in [0, 0.05) is 20.6 Å². The first-order chi connectivity index (χ1) is 9.22. The van der Waals surface area contributed by atoms with Crippen LogP contribution in [0.4, 0.5) is 5.69 Å². The number of aliphatic hydroxyl groups is 1. The van der Waals surface area contributed by atoms with Crippen LogP contribution in [-0.2, 0) is 11.3 Å². The lowest BCUT2D eigenvalue weighted by molar-refractivity contribution is -0.129. The van der Waals surface area contributed by atoms with E-state index >= 15 is 0 Å². The maximum atomic E-state index is 11.6. The third kappa shape index (κ3) is 4.21. The van der Waals surface area contributed by atoms with Gasteiger partial charge in [-0.15, -0.1) is 0 Å². The number of anilines is 1. The summed E-state index contributed by atoms with van der Waals surface area (Å²) in [6.07, 6.45) is -0.604. The Morgan fingerprint density at radius 2 is 2.00 bits per heavy atom. The molecule has 7 nitrogen and oxygen atoms in total. The van der Waals surface area contributed by atoms with E-state index in [-0.39, 0.29) is 12.5 Å². The summed E-state index contributed by atoms with van der Waals surface area (Å²) in [7, 11) is 5.23. The van der Waals surface area contributed by atoms with Crippen LogP contribution in [0.25, 0.3) is 0 Å². The van der Waals surface area contributed by atoms with Gasteiger partial charge in [0.2, 0.25) is 5.91 Å². The Bertz CT molecular complexity index is 470. The number of hydrogen-bond acceptors (Lipinski definition) is 5. The molecule has 20 heavy (non-hydrogen) atoms. The molecule has 0 bridgehead atoms. The topological polar surface area (TPSA) is 87.6 Å². The van der Waals surface area contributed by atoms with Crippen LogP contribution >= 0.6 is 0 Å². The van der Waals surface area contributed by atoms with Crippen LogP contribution in [0.3, 0.4) is 0 Å². The molecule has 0 aliphatic carbocycles. The van der Waals surface area contributed by atoms with Crippen LogP contribution in [0.2, 0.25) is 0 Å². The fourth-order valence-electron chi connectivity index (χ4n) is 1.94. The zero-order chi connectivity index (χ0) is 15.4. The zero-order valence-corrected chi connectivity index (χ0v) is 12.9. The van der Waals surface area contributed by atoms with E-state index in [0.717, 1.165) is 11.4 Å². The van der Waals surface area contributed by atoms with Gasteiger partial charge in [0.15, 0.2) is 0 Å². The second kappa shape index (κ2) is 6.71. The quantitative estimate of drug-likeness (QED) is 0.732. The molecule has 3 N–H and O–H groups in total. The molecule has 0 radical (unpaired) electrons. The number of carbonyl (C=O) groups excluding carboxylic acids is 1. The normalized spacial score (nSPS) is 12.8. The first-order valence-electron chi connectivity index (χ1n) is 6.58. The molecule has 0 saturated heterocycles. The van der Waals surface area contributed by atoms with Crippen LogP contribution < -0.4 is 5.73 Å². The van der Waals surface area contributed by atoms with Crippen LogP contribution in [0.15, 0.2) is 0 Å². The average Bonchev–Trinajstić information content (AvgIpc) is 2.56. The summed E-state index contributed by atoms with van der Waals surface area (Å²) in [5.74, 6) is 0.00931. The molecule has 1 unspecified atom stereocenters. The second-order valence-electron chi connectivity index (χ2n) is 5.41. The molecular weight excluding hydrogens is 258 g/mol. The van der Waals surface area contributed by atoms with E-state index in [2.05, 4.69) is 5.10 Å². The van der Waals surface area contributed by atoms with E-state index in [0.29, 0.717) is 18.8 Å². The van der Waals surface area contributed by atoms with Gasteiger partial charge in [-0.2, -0.15) is 5.10 Å². The average molecular weight is 283 g/mol. The Morgan fingerprint density at radius 3 is 2.45 bits per heavy atom. The third-order valence-corrected chi connectivity index (χ3v) is 3.25. The molecule has 7 heteroatoms. The molecule has 1 atom stereocenters. The zero-order valence-electron chi connectivity index (χ0n) is 12.9. The molecule has 0 fully saturated rings. The maximum absolute atomic E-state index is 11.6. The minimum absolute atomic E-state index is 0.00931. The molecule has 0 saturated carbocycles. The molecule has 0 aliphatic rings. The van der Waals surface area contributed by atoms with Crippen molar-refractivity contribution in [3.63, 3.8) is 0 Å². The smallest absolute Gasteiger partial charge is 0.236 e. The maximum Gasteiger partial charge on any atom is 0.236 e. The summed E-state index contributed by atoms with van der Waals surface area (Å²) in [6, 6.07) is 0. The van der Waals surface area contributed by atoms with Crippen LogP contribution in [-0.4, -0.2) is 70.9 Å². The van der Waals surface area contributed by atoms with Crippen molar-refractivity contribution in [2.45, 2.75) is 26.5 Å². The Balaban J connectivity index is 2.53. The number of likely N-dealkylation sites (N-methyl/N-ethyl adjacent to an activating group) is 2. The SMILES string of the molecule is Cc1nn(CC(O)CN(C)CC(=O)N(C)C)c(C)c1N. The van der Waals surface area contributed by atoms with Gasteiger partial charge in [0.1, 0.15) is 0 Å². The van der Waals surface area contributed by atoms with Crippen molar-refractivity contribution in [2.24, 2.45) is 0 Å². The third-order valence-electron chi connectivity index (χ3n) is 3.25. The molecule has 114 valence electrons. The largest absolute Gasteiger partial charge is 0.396 e. The van der Waals surface area contributed by atoms with Crippen molar-refractivity contribution in [1.82, 2.24) is 19.6 Å². The summed E-state index contributed by atoms with van der Waals surface area (Å²) >= 11 is 0. The Hall–Kier alpha value is -1.60. The summed E-state index contributed by atoms with van der Waals surface area (Å²) in [4.78, 5) is 14.9. The monoisotopic (exact) mass is 283 g/mol. The highest BCUT2D eigenvalue weighted by atomic mass is 16.3. The van der Waals surface area contributed by atoms with Crippen molar-refractivity contribution in [3.05, 3.63) is 11.4 Å². The van der Waals surface area contributed by atoms with Crippen LogP contribution in [0.1, 0.15) is 11.4 Å². The Morgan fingerprint density at radius 1 is 1.40 bits per heavy atom. The molecule has 1 aromatic heterocycles. The first-order valence-corrected chi connectivity index (χ1v) is 6.58. The molecule has 0 aromatic carbocycles. The second-order valence-corrected chi connectivity index (χ2v) is 5.41. The Labute approximate surface area is 120 Å². The van der Waals surface area contributed by atoms with Crippen molar-refractivity contribution in [3.8, 4) is 0 Å². The predicted octanol–water partition coefficient (Wildman–Crippen LogP) is -0.537. The minimum Gasteiger partial charge on any atom is -0.396 e. The summed E-state index contributed by atoms with van der Waals surface area (Å²) < 4.78 is 1.71. The standard InChI is InChI=1S/C13H25N5O2/c1-9-13(14)10(2)18(15-9)7-11(19)6-17(5)8-12(20)16(3)4/h11,19H,6-8,14H2,1-5H3. The fraction of sp³-hybridized carbons (Fsp3) is 0.692. The van der Waals surface area contributed by atoms with Gasteiger partial charge in [-0.1, -0.05) is 0 Å². The number of hydrogen-bond donors (Lipinski definition) is 2. The molecular formula is C13H25N5O2.